The van der Waals surface area contributed by atoms with Crippen LogP contribution in [0.15, 0.2) is 29.2 Å². The molecule has 6 nitrogen and oxygen atoms in total. The first-order chi connectivity index (χ1) is 15.7. The van der Waals surface area contributed by atoms with Gasteiger partial charge in [-0.15, -0.1) is 11.8 Å². The van der Waals surface area contributed by atoms with Crippen molar-refractivity contribution in [2.24, 2.45) is 0 Å². The van der Waals surface area contributed by atoms with Crippen LogP contribution in [-0.4, -0.2) is 82.4 Å². The lowest BCUT2D eigenvalue weighted by Crippen LogP contribution is -2.50. The van der Waals surface area contributed by atoms with Gasteiger partial charge in [-0.25, -0.2) is 9.18 Å². The first-order valence-corrected chi connectivity index (χ1v) is 13.0. The Labute approximate surface area is 200 Å². The van der Waals surface area contributed by atoms with Crippen molar-refractivity contribution >= 4 is 23.8 Å². The second-order valence-electron chi connectivity index (χ2n) is 10.4. The van der Waals surface area contributed by atoms with Crippen molar-refractivity contribution in [1.29, 1.82) is 0 Å². The summed E-state index contributed by atoms with van der Waals surface area (Å²) in [7, 11) is 0. The van der Waals surface area contributed by atoms with E-state index in [0.717, 1.165) is 31.0 Å². The third-order valence-corrected chi connectivity index (χ3v) is 7.94. The van der Waals surface area contributed by atoms with E-state index in [1.165, 1.54) is 31.4 Å². The predicted molar refractivity (Wildman–Crippen MR) is 128 cm³/mol. The number of carbonyl (C=O) groups excluding carboxylic acids is 2. The molecule has 0 bridgehead atoms. The minimum Gasteiger partial charge on any atom is -0.444 e. The molecule has 0 unspecified atom stereocenters. The monoisotopic (exact) mass is 477 g/mol. The van der Waals surface area contributed by atoms with Gasteiger partial charge in [-0.1, -0.05) is 6.42 Å². The Kier molecular flexibility index (Phi) is 7.53. The lowest BCUT2D eigenvalue weighted by atomic mass is 9.91. The van der Waals surface area contributed by atoms with Crippen LogP contribution < -0.4 is 0 Å². The number of amides is 2. The molecule has 33 heavy (non-hydrogen) atoms. The van der Waals surface area contributed by atoms with Crippen molar-refractivity contribution < 1.29 is 18.7 Å². The summed E-state index contributed by atoms with van der Waals surface area (Å²) in [5, 5.41) is 0.0513. The zero-order valence-corrected chi connectivity index (χ0v) is 20.8. The van der Waals surface area contributed by atoms with Crippen LogP contribution in [0.25, 0.3) is 0 Å². The summed E-state index contributed by atoms with van der Waals surface area (Å²) in [6.45, 7) is 9.35. The molecular formula is C25H36FN3O3S. The highest BCUT2D eigenvalue weighted by molar-refractivity contribution is 8.00. The average Bonchev–Trinajstić information content (AvgIpc) is 2.98. The number of carbonyl (C=O) groups is 2. The van der Waals surface area contributed by atoms with Crippen LogP contribution in [0, 0.1) is 5.82 Å². The van der Waals surface area contributed by atoms with Gasteiger partial charge in [-0.3, -0.25) is 14.6 Å². The molecule has 182 valence electrons. The van der Waals surface area contributed by atoms with Crippen LogP contribution >= 0.6 is 11.8 Å². The molecule has 8 heteroatoms. The van der Waals surface area contributed by atoms with Gasteiger partial charge in [0, 0.05) is 48.9 Å². The number of halogens is 1. The van der Waals surface area contributed by atoms with Crippen molar-refractivity contribution in [3.8, 4) is 0 Å². The quantitative estimate of drug-likeness (QED) is 0.644. The summed E-state index contributed by atoms with van der Waals surface area (Å²) in [5.41, 5.74) is -0.626. The highest BCUT2D eigenvalue weighted by atomic mass is 32.2. The highest BCUT2D eigenvalue weighted by Gasteiger charge is 2.43. The van der Waals surface area contributed by atoms with Gasteiger partial charge in [0.1, 0.15) is 17.5 Å². The number of thioether (sulfide) groups is 1. The second-order valence-corrected chi connectivity index (χ2v) is 11.8. The molecular weight excluding hydrogens is 441 g/mol. The number of benzene rings is 1. The van der Waals surface area contributed by atoms with Gasteiger partial charge >= 0.3 is 6.09 Å². The van der Waals surface area contributed by atoms with Crippen LogP contribution in [0.4, 0.5) is 9.18 Å². The van der Waals surface area contributed by atoms with Gasteiger partial charge in [-0.05, 0) is 70.7 Å². The molecule has 1 aromatic carbocycles. The molecule has 0 spiro atoms. The fraction of sp³-hybridized carbons (Fsp3) is 0.680. The predicted octanol–water partition coefficient (Wildman–Crippen LogP) is 4.38. The molecule has 2 heterocycles. The van der Waals surface area contributed by atoms with E-state index in [0.29, 0.717) is 25.6 Å². The van der Waals surface area contributed by atoms with Gasteiger partial charge in [0.25, 0.3) is 0 Å². The summed E-state index contributed by atoms with van der Waals surface area (Å²) >= 11 is 1.59. The molecule has 2 aliphatic heterocycles. The van der Waals surface area contributed by atoms with Gasteiger partial charge in [-0.2, -0.15) is 0 Å². The molecule has 0 aromatic heterocycles. The molecule has 2 atom stereocenters. The third kappa shape index (κ3) is 6.21. The fourth-order valence-corrected chi connectivity index (χ4v) is 6.02. The summed E-state index contributed by atoms with van der Waals surface area (Å²) in [4.78, 5) is 33.7. The fourth-order valence-electron chi connectivity index (χ4n) is 4.83. The second kappa shape index (κ2) is 10.2. The number of rotatable bonds is 4. The molecule has 0 N–H and O–H groups in total. The number of hydrogen-bond acceptors (Lipinski definition) is 5. The Morgan fingerprint density at radius 3 is 2.39 bits per heavy atom. The van der Waals surface area contributed by atoms with Crippen molar-refractivity contribution in [2.45, 2.75) is 80.7 Å². The van der Waals surface area contributed by atoms with E-state index in [4.69, 9.17) is 4.74 Å². The molecule has 1 aliphatic carbocycles. The van der Waals surface area contributed by atoms with E-state index < -0.39 is 17.7 Å². The molecule has 2 amide bonds. The molecule has 1 aromatic rings. The SMILES string of the molecule is CC(C)(C)OC(=O)N1C[C@@H](Sc2ccc(F)cc2)C[C@@H]1C(=O)N1CCCN(C2CCC2)CC1. The van der Waals surface area contributed by atoms with Crippen molar-refractivity contribution in [3.05, 3.63) is 30.1 Å². The maximum atomic E-state index is 13.6. The Morgan fingerprint density at radius 2 is 1.76 bits per heavy atom. The van der Waals surface area contributed by atoms with Gasteiger partial charge in [0.05, 0.1) is 0 Å². The van der Waals surface area contributed by atoms with Crippen LogP contribution in [0.1, 0.15) is 52.9 Å². The van der Waals surface area contributed by atoms with Crippen LogP contribution in [0.3, 0.4) is 0 Å². The summed E-state index contributed by atoms with van der Waals surface area (Å²) in [6.07, 6.45) is 4.95. The maximum Gasteiger partial charge on any atom is 0.411 e. The van der Waals surface area contributed by atoms with E-state index in [2.05, 4.69) is 4.90 Å². The minimum absolute atomic E-state index is 0.0264. The highest BCUT2D eigenvalue weighted by Crippen LogP contribution is 2.35. The molecule has 2 saturated heterocycles. The lowest BCUT2D eigenvalue weighted by molar-refractivity contribution is -0.135. The average molecular weight is 478 g/mol. The minimum atomic E-state index is -0.626. The molecule has 3 aliphatic rings. The van der Waals surface area contributed by atoms with E-state index >= 15 is 0 Å². The largest absolute Gasteiger partial charge is 0.444 e. The number of nitrogens with zero attached hydrogens (tertiary/aromatic N) is 3. The molecule has 4 rings (SSSR count). The lowest BCUT2D eigenvalue weighted by Gasteiger charge is -2.37. The van der Waals surface area contributed by atoms with E-state index in [1.54, 1.807) is 28.8 Å². The summed E-state index contributed by atoms with van der Waals surface area (Å²) < 4.78 is 19.0. The Bertz CT molecular complexity index is 840. The van der Waals surface area contributed by atoms with Crippen LogP contribution in [0.5, 0.6) is 0 Å². The van der Waals surface area contributed by atoms with Gasteiger partial charge in [0.15, 0.2) is 0 Å². The van der Waals surface area contributed by atoms with Crippen molar-refractivity contribution in [2.75, 3.05) is 32.7 Å². The smallest absolute Gasteiger partial charge is 0.411 e. The standard InChI is InChI=1S/C25H36FN3O3S/c1-25(2,3)32-24(31)29-17-21(33-20-10-8-18(26)9-11-20)16-22(29)23(30)28-13-5-12-27(14-15-28)19-6-4-7-19/h8-11,19,21-22H,4-7,12-17H2,1-3H3/t21-,22+/m0/s1. The van der Waals surface area contributed by atoms with Crippen LogP contribution in [-0.2, 0) is 9.53 Å². The van der Waals surface area contributed by atoms with Gasteiger partial charge < -0.3 is 9.64 Å². The molecule has 0 radical (unpaired) electrons. The zero-order valence-electron chi connectivity index (χ0n) is 20.0. The molecule has 1 saturated carbocycles. The van der Waals surface area contributed by atoms with Crippen molar-refractivity contribution in [3.63, 3.8) is 0 Å². The molecule has 3 fully saturated rings. The number of likely N-dealkylation sites (tertiary alicyclic amines) is 1. The Morgan fingerprint density at radius 1 is 1.03 bits per heavy atom. The Balaban J connectivity index is 1.45. The topological polar surface area (TPSA) is 53.1 Å². The normalized spacial score (nSPS) is 25.0. The summed E-state index contributed by atoms with van der Waals surface area (Å²) in [5.74, 6) is -0.246. The van der Waals surface area contributed by atoms with E-state index in [-0.39, 0.29) is 17.0 Å². The number of hydrogen-bond donors (Lipinski definition) is 0. The summed E-state index contributed by atoms with van der Waals surface area (Å²) in [6, 6.07) is 6.54. The zero-order chi connectivity index (χ0) is 23.6. The van der Waals surface area contributed by atoms with E-state index in [1.807, 2.05) is 25.7 Å². The van der Waals surface area contributed by atoms with Gasteiger partial charge in [0.2, 0.25) is 5.91 Å². The Hall–Kier alpha value is -1.80. The van der Waals surface area contributed by atoms with Crippen molar-refractivity contribution in [1.82, 2.24) is 14.7 Å². The maximum absolute atomic E-state index is 13.6. The van der Waals surface area contributed by atoms with E-state index in [9.17, 15) is 14.0 Å². The first kappa shape index (κ1) is 24.3. The van der Waals surface area contributed by atoms with Crippen LogP contribution in [0.2, 0.25) is 0 Å². The first-order valence-electron chi connectivity index (χ1n) is 12.1. The third-order valence-electron chi connectivity index (χ3n) is 6.73. The number of ether oxygens (including phenoxy) is 1.